The van der Waals surface area contributed by atoms with Crippen molar-refractivity contribution in [3.8, 4) is 0 Å². The van der Waals surface area contributed by atoms with Crippen molar-refractivity contribution in [3.05, 3.63) is 0 Å². The Labute approximate surface area is 114 Å². The van der Waals surface area contributed by atoms with Crippen molar-refractivity contribution < 1.29 is 13.2 Å². The number of hydrogen-bond donors (Lipinski definition) is 1. The van der Waals surface area contributed by atoms with Crippen LogP contribution in [0.1, 0.15) is 52.4 Å². The highest BCUT2D eigenvalue weighted by atomic mass is 19.4. The molecule has 2 fully saturated rings. The van der Waals surface area contributed by atoms with Crippen molar-refractivity contribution in [2.75, 3.05) is 13.1 Å². The van der Waals surface area contributed by atoms with Gasteiger partial charge >= 0.3 is 6.18 Å². The van der Waals surface area contributed by atoms with Crippen molar-refractivity contribution in [1.82, 2.24) is 5.32 Å². The quantitative estimate of drug-likeness (QED) is 0.789. The molecule has 0 amide bonds. The van der Waals surface area contributed by atoms with Gasteiger partial charge in [0.2, 0.25) is 0 Å². The van der Waals surface area contributed by atoms with Crippen LogP contribution in [-0.2, 0) is 0 Å². The Kier molecular flexibility index (Phi) is 4.49. The van der Waals surface area contributed by atoms with E-state index in [1.807, 2.05) is 0 Å². The van der Waals surface area contributed by atoms with Gasteiger partial charge < -0.3 is 5.32 Å². The normalized spacial score (nSPS) is 36.9. The van der Waals surface area contributed by atoms with Gasteiger partial charge in [-0.2, -0.15) is 13.2 Å². The summed E-state index contributed by atoms with van der Waals surface area (Å²) in [5.41, 5.74) is 0.192. The van der Waals surface area contributed by atoms with Gasteiger partial charge in [-0.3, -0.25) is 0 Å². The molecule has 19 heavy (non-hydrogen) atoms. The Morgan fingerprint density at radius 1 is 1.16 bits per heavy atom. The summed E-state index contributed by atoms with van der Waals surface area (Å²) in [6.45, 7) is 6.40. The van der Waals surface area contributed by atoms with Gasteiger partial charge in [-0.05, 0) is 68.9 Å². The molecule has 1 nitrogen and oxygen atoms in total. The van der Waals surface area contributed by atoms with Gasteiger partial charge in [0.15, 0.2) is 0 Å². The maximum absolute atomic E-state index is 12.8. The predicted octanol–water partition coefficient (Wildman–Crippen LogP) is 4.38. The van der Waals surface area contributed by atoms with Crippen LogP contribution in [0.5, 0.6) is 0 Å². The molecule has 0 aromatic carbocycles. The van der Waals surface area contributed by atoms with Gasteiger partial charge in [-0.25, -0.2) is 0 Å². The van der Waals surface area contributed by atoms with E-state index in [4.69, 9.17) is 0 Å². The third-order valence-electron chi connectivity index (χ3n) is 5.26. The molecule has 1 aliphatic carbocycles. The van der Waals surface area contributed by atoms with Crippen LogP contribution in [0, 0.1) is 23.2 Å². The van der Waals surface area contributed by atoms with Crippen LogP contribution >= 0.6 is 0 Å². The molecule has 0 aromatic heterocycles. The number of rotatable bonds is 2. The molecule has 1 spiro atoms. The fourth-order valence-electron chi connectivity index (χ4n) is 4.11. The van der Waals surface area contributed by atoms with E-state index in [0.29, 0.717) is 24.7 Å². The topological polar surface area (TPSA) is 12.0 Å². The smallest absolute Gasteiger partial charge is 0.316 e. The summed E-state index contributed by atoms with van der Waals surface area (Å²) in [4.78, 5) is 0. The Bertz CT molecular complexity index is 290. The number of hydrogen-bond acceptors (Lipinski definition) is 1. The largest absolute Gasteiger partial charge is 0.391 e. The molecular formula is C15H26F3N. The zero-order valence-corrected chi connectivity index (χ0v) is 12.0. The summed E-state index contributed by atoms with van der Waals surface area (Å²) >= 11 is 0. The highest BCUT2D eigenvalue weighted by Gasteiger charge is 2.48. The summed E-state index contributed by atoms with van der Waals surface area (Å²) in [7, 11) is 0. The zero-order valence-electron chi connectivity index (χ0n) is 12.0. The highest BCUT2D eigenvalue weighted by Crippen LogP contribution is 2.52. The Hall–Kier alpha value is -0.250. The van der Waals surface area contributed by atoms with Crippen LogP contribution in [-0.4, -0.2) is 19.3 Å². The molecule has 112 valence electrons. The number of piperidine rings is 1. The minimum absolute atomic E-state index is 0.192. The minimum atomic E-state index is -3.98. The maximum Gasteiger partial charge on any atom is 0.391 e. The third-order valence-corrected chi connectivity index (χ3v) is 5.26. The van der Waals surface area contributed by atoms with Crippen LogP contribution < -0.4 is 5.32 Å². The Morgan fingerprint density at radius 3 is 2.32 bits per heavy atom. The van der Waals surface area contributed by atoms with E-state index in [2.05, 4.69) is 19.2 Å². The molecule has 2 rings (SSSR count). The van der Waals surface area contributed by atoms with Gasteiger partial charge in [0.25, 0.3) is 0 Å². The molecule has 1 heterocycles. The van der Waals surface area contributed by atoms with Crippen molar-refractivity contribution in [1.29, 1.82) is 0 Å². The average molecular weight is 277 g/mol. The van der Waals surface area contributed by atoms with E-state index in [9.17, 15) is 13.2 Å². The second kappa shape index (κ2) is 5.63. The second-order valence-corrected chi connectivity index (χ2v) is 6.96. The van der Waals surface area contributed by atoms with Crippen LogP contribution in [0.3, 0.4) is 0 Å². The summed E-state index contributed by atoms with van der Waals surface area (Å²) in [5.74, 6) is 0.144. The molecule has 2 aliphatic rings. The fraction of sp³-hybridized carbons (Fsp3) is 1.00. The monoisotopic (exact) mass is 277 g/mol. The first-order valence-electron chi connectivity index (χ1n) is 7.61. The lowest BCUT2D eigenvalue weighted by molar-refractivity contribution is -0.190. The summed E-state index contributed by atoms with van der Waals surface area (Å²) in [6.07, 6.45) is 0.462. The maximum atomic E-state index is 12.8. The average Bonchev–Trinajstić information content (AvgIpc) is 2.31. The minimum Gasteiger partial charge on any atom is -0.316 e. The molecule has 4 heteroatoms. The molecule has 0 radical (unpaired) electrons. The van der Waals surface area contributed by atoms with Crippen LogP contribution in [0.2, 0.25) is 0 Å². The lowest BCUT2D eigenvalue weighted by Gasteiger charge is -2.49. The summed E-state index contributed by atoms with van der Waals surface area (Å²) < 4.78 is 38.4. The highest BCUT2D eigenvalue weighted by molar-refractivity contribution is 4.96. The van der Waals surface area contributed by atoms with Gasteiger partial charge in [-0.1, -0.05) is 13.8 Å². The van der Waals surface area contributed by atoms with E-state index in [-0.39, 0.29) is 5.41 Å². The molecule has 1 atom stereocenters. The lowest BCUT2D eigenvalue weighted by atomic mass is 9.59. The molecule has 1 unspecified atom stereocenters. The van der Waals surface area contributed by atoms with Gasteiger partial charge in [0.1, 0.15) is 0 Å². The van der Waals surface area contributed by atoms with Gasteiger partial charge in [-0.15, -0.1) is 0 Å². The lowest BCUT2D eigenvalue weighted by Crippen LogP contribution is -2.48. The van der Waals surface area contributed by atoms with E-state index in [1.165, 1.54) is 0 Å². The fourth-order valence-corrected chi connectivity index (χ4v) is 4.11. The van der Waals surface area contributed by atoms with E-state index < -0.39 is 12.1 Å². The molecule has 1 N–H and O–H groups in total. The number of alkyl halides is 3. The van der Waals surface area contributed by atoms with E-state index >= 15 is 0 Å². The standard InChI is InChI=1S/C15H26F3N/c1-11(2)9-13-10-19-8-7-14(13)5-3-12(4-6-14)15(16,17)18/h11-13,19H,3-10H2,1-2H3. The first-order valence-corrected chi connectivity index (χ1v) is 7.61. The molecule has 0 aromatic rings. The second-order valence-electron chi connectivity index (χ2n) is 6.96. The molecular weight excluding hydrogens is 251 g/mol. The van der Waals surface area contributed by atoms with Crippen LogP contribution in [0.25, 0.3) is 0 Å². The van der Waals surface area contributed by atoms with Crippen molar-refractivity contribution in [2.24, 2.45) is 23.2 Å². The first kappa shape index (κ1) is 15.1. The van der Waals surface area contributed by atoms with E-state index in [1.54, 1.807) is 0 Å². The Morgan fingerprint density at radius 2 is 1.79 bits per heavy atom. The Balaban J connectivity index is 2.01. The van der Waals surface area contributed by atoms with E-state index in [0.717, 1.165) is 38.8 Å². The van der Waals surface area contributed by atoms with Gasteiger partial charge in [0.05, 0.1) is 5.92 Å². The summed E-state index contributed by atoms with van der Waals surface area (Å²) in [6, 6.07) is 0. The van der Waals surface area contributed by atoms with Crippen molar-refractivity contribution >= 4 is 0 Å². The molecule has 1 saturated heterocycles. The molecule has 1 saturated carbocycles. The number of halogens is 3. The summed E-state index contributed by atoms with van der Waals surface area (Å²) in [5, 5.41) is 3.43. The number of nitrogens with one attached hydrogen (secondary N) is 1. The van der Waals surface area contributed by atoms with Crippen molar-refractivity contribution in [3.63, 3.8) is 0 Å². The predicted molar refractivity (Wildman–Crippen MR) is 70.9 cm³/mol. The molecule has 0 bridgehead atoms. The van der Waals surface area contributed by atoms with Crippen LogP contribution in [0.15, 0.2) is 0 Å². The third kappa shape index (κ3) is 3.45. The first-order chi connectivity index (χ1) is 8.83. The SMILES string of the molecule is CC(C)CC1CNCCC12CCC(C(F)(F)F)CC2. The van der Waals surface area contributed by atoms with Crippen molar-refractivity contribution in [2.45, 2.75) is 58.5 Å². The zero-order chi connectivity index (χ0) is 14.1. The van der Waals surface area contributed by atoms with Crippen LogP contribution in [0.4, 0.5) is 13.2 Å². The van der Waals surface area contributed by atoms with Gasteiger partial charge in [0, 0.05) is 0 Å². The molecule has 1 aliphatic heterocycles.